The Balaban J connectivity index is 2.34. The second kappa shape index (κ2) is 8.43. The third kappa shape index (κ3) is 3.99. The minimum atomic E-state index is -0.838. The molecule has 0 atom stereocenters. The van der Waals surface area contributed by atoms with Crippen molar-refractivity contribution in [2.75, 3.05) is 38.7 Å². The molecule has 0 fully saturated rings. The van der Waals surface area contributed by atoms with Crippen molar-refractivity contribution in [1.29, 1.82) is 0 Å². The average molecular weight is 366 g/mol. The van der Waals surface area contributed by atoms with Crippen molar-refractivity contribution in [2.45, 2.75) is 6.92 Å². The lowest BCUT2D eigenvalue weighted by atomic mass is 10.1. The molecule has 1 amide bonds. The minimum Gasteiger partial charge on any atom is -0.466 e. The summed E-state index contributed by atoms with van der Waals surface area (Å²) < 4.78 is 23.3. The molecule has 0 radical (unpaired) electrons. The summed E-state index contributed by atoms with van der Waals surface area (Å²) in [5, 5.41) is 11.8. The zero-order chi connectivity index (χ0) is 19.3. The van der Waals surface area contributed by atoms with Crippen molar-refractivity contribution in [2.24, 2.45) is 0 Å². The molecule has 0 aliphatic carbocycles. The summed E-state index contributed by atoms with van der Waals surface area (Å²) in [5.74, 6) is -2.82. The van der Waals surface area contributed by atoms with E-state index in [0.717, 1.165) is 6.07 Å². The van der Waals surface area contributed by atoms with Gasteiger partial charge in [0.05, 0.1) is 38.0 Å². The normalized spacial score (nSPS) is 13.8. The number of halogens is 1. The Hall–Kier alpha value is -2.94. The molecule has 0 aromatic heterocycles. The quantitative estimate of drug-likeness (QED) is 0.684. The lowest BCUT2D eigenvalue weighted by Gasteiger charge is -2.15. The van der Waals surface area contributed by atoms with Crippen LogP contribution in [0, 0.1) is 5.82 Å². The summed E-state index contributed by atoms with van der Waals surface area (Å²) in [6.45, 7) is 1.43. The summed E-state index contributed by atoms with van der Waals surface area (Å²) in [6.07, 6.45) is 0. The van der Waals surface area contributed by atoms with Crippen LogP contribution in [0.4, 0.5) is 10.1 Å². The molecule has 140 valence electrons. The highest BCUT2D eigenvalue weighted by atomic mass is 19.1. The Morgan fingerprint density at radius 3 is 2.69 bits per heavy atom. The van der Waals surface area contributed by atoms with Crippen LogP contribution in [0.1, 0.15) is 17.3 Å². The van der Waals surface area contributed by atoms with E-state index in [0.29, 0.717) is 0 Å². The highest BCUT2D eigenvalue weighted by Crippen LogP contribution is 2.24. The van der Waals surface area contributed by atoms with Gasteiger partial charge in [-0.3, -0.25) is 4.79 Å². The van der Waals surface area contributed by atoms with Crippen LogP contribution in [0.3, 0.4) is 0 Å². The van der Waals surface area contributed by atoms with Gasteiger partial charge < -0.3 is 24.8 Å². The number of aliphatic hydroxyl groups is 1. The molecule has 0 saturated carbocycles. The molecule has 9 heteroatoms. The van der Waals surface area contributed by atoms with E-state index in [1.807, 2.05) is 0 Å². The zero-order valence-corrected chi connectivity index (χ0v) is 14.4. The average Bonchev–Trinajstić information content (AvgIpc) is 2.92. The van der Waals surface area contributed by atoms with Gasteiger partial charge in [0.25, 0.3) is 5.91 Å². The highest BCUT2D eigenvalue weighted by molar-refractivity contribution is 6.08. The number of anilines is 1. The van der Waals surface area contributed by atoms with Gasteiger partial charge in [-0.05, 0) is 25.1 Å². The third-order valence-corrected chi connectivity index (χ3v) is 3.68. The van der Waals surface area contributed by atoms with Gasteiger partial charge in [0.2, 0.25) is 0 Å². The van der Waals surface area contributed by atoms with Gasteiger partial charge in [0.15, 0.2) is 0 Å². The Bertz CT molecular complexity index is 762. The standard InChI is InChI=1S/C17H19FN2O6/c1-3-26-17(24)11-8-10(4-5-13(11)18)19-14-12(16(23)25-2)9-20(6-7-21)15(14)22/h4-5,8,19,21H,3,6-7,9H2,1-2H3. The fourth-order valence-corrected chi connectivity index (χ4v) is 2.46. The summed E-state index contributed by atoms with van der Waals surface area (Å²) in [4.78, 5) is 37.4. The van der Waals surface area contributed by atoms with Gasteiger partial charge >= 0.3 is 11.9 Å². The number of rotatable bonds is 7. The SMILES string of the molecule is CCOC(=O)c1cc(NC2=C(C(=O)OC)CN(CCO)C2=O)ccc1F. The lowest BCUT2D eigenvalue weighted by molar-refractivity contribution is -0.136. The molecule has 26 heavy (non-hydrogen) atoms. The van der Waals surface area contributed by atoms with Gasteiger partial charge in [0, 0.05) is 12.2 Å². The van der Waals surface area contributed by atoms with Gasteiger partial charge in [0.1, 0.15) is 11.5 Å². The van der Waals surface area contributed by atoms with E-state index in [2.05, 4.69) is 10.1 Å². The number of carbonyl (C=O) groups is 3. The Labute approximate surface area is 149 Å². The molecular weight excluding hydrogens is 347 g/mol. The number of amides is 1. The molecule has 1 heterocycles. The number of methoxy groups -OCH3 is 1. The van der Waals surface area contributed by atoms with Crippen LogP contribution in [0.15, 0.2) is 29.5 Å². The summed E-state index contributed by atoms with van der Waals surface area (Å²) in [5.41, 5.74) is -0.0422. The fraction of sp³-hybridized carbons (Fsp3) is 0.353. The topological polar surface area (TPSA) is 105 Å². The predicted octanol–water partition coefficient (Wildman–Crippen LogP) is 0.676. The number of hydrogen-bond donors (Lipinski definition) is 2. The molecule has 1 aromatic carbocycles. The maximum absolute atomic E-state index is 13.8. The van der Waals surface area contributed by atoms with Crippen molar-refractivity contribution in [3.63, 3.8) is 0 Å². The number of carbonyl (C=O) groups excluding carboxylic acids is 3. The van der Waals surface area contributed by atoms with Crippen molar-refractivity contribution in [3.8, 4) is 0 Å². The van der Waals surface area contributed by atoms with E-state index >= 15 is 0 Å². The highest BCUT2D eigenvalue weighted by Gasteiger charge is 2.34. The van der Waals surface area contributed by atoms with Crippen molar-refractivity contribution in [3.05, 3.63) is 40.8 Å². The maximum Gasteiger partial charge on any atom is 0.341 e. The number of aliphatic hydroxyl groups excluding tert-OH is 1. The van der Waals surface area contributed by atoms with Crippen molar-refractivity contribution >= 4 is 23.5 Å². The molecule has 1 aliphatic rings. The van der Waals surface area contributed by atoms with Crippen molar-refractivity contribution < 1.29 is 33.4 Å². The molecule has 2 N–H and O–H groups in total. The van der Waals surface area contributed by atoms with Crippen LogP contribution in [-0.4, -0.2) is 61.3 Å². The number of esters is 2. The van der Waals surface area contributed by atoms with E-state index in [4.69, 9.17) is 9.84 Å². The Morgan fingerprint density at radius 2 is 2.08 bits per heavy atom. The largest absolute Gasteiger partial charge is 0.466 e. The number of benzene rings is 1. The first-order valence-corrected chi connectivity index (χ1v) is 7.88. The summed E-state index contributed by atoms with van der Waals surface area (Å²) in [6, 6.07) is 3.57. The number of β-amino-alcohol motifs (C(OH)–C–C–N with tert-alkyl or cyclic N) is 1. The van der Waals surface area contributed by atoms with Crippen LogP contribution in [0.5, 0.6) is 0 Å². The number of nitrogens with one attached hydrogen (secondary N) is 1. The molecule has 0 unspecified atom stereocenters. The molecule has 1 aliphatic heterocycles. The second-order valence-electron chi connectivity index (χ2n) is 5.34. The van der Waals surface area contributed by atoms with E-state index in [-0.39, 0.29) is 48.8 Å². The summed E-state index contributed by atoms with van der Waals surface area (Å²) in [7, 11) is 1.18. The number of ether oxygens (including phenoxy) is 2. The van der Waals surface area contributed by atoms with Crippen LogP contribution >= 0.6 is 0 Å². The number of hydrogen-bond acceptors (Lipinski definition) is 7. The second-order valence-corrected chi connectivity index (χ2v) is 5.34. The lowest BCUT2D eigenvalue weighted by Crippen LogP contribution is -2.31. The van der Waals surface area contributed by atoms with Crippen LogP contribution in [0.2, 0.25) is 0 Å². The molecular formula is C17H19FN2O6. The van der Waals surface area contributed by atoms with Gasteiger partial charge in [-0.25, -0.2) is 14.0 Å². The van der Waals surface area contributed by atoms with Crippen LogP contribution in [0.25, 0.3) is 0 Å². The monoisotopic (exact) mass is 366 g/mol. The Kier molecular flexibility index (Phi) is 6.29. The molecule has 8 nitrogen and oxygen atoms in total. The van der Waals surface area contributed by atoms with Crippen LogP contribution in [-0.2, 0) is 19.1 Å². The predicted molar refractivity (Wildman–Crippen MR) is 88.7 cm³/mol. The first kappa shape index (κ1) is 19.4. The molecule has 0 saturated heterocycles. The van der Waals surface area contributed by atoms with E-state index in [1.54, 1.807) is 6.92 Å². The van der Waals surface area contributed by atoms with E-state index < -0.39 is 23.7 Å². The first-order valence-electron chi connectivity index (χ1n) is 7.88. The van der Waals surface area contributed by atoms with Gasteiger partial charge in [-0.1, -0.05) is 0 Å². The summed E-state index contributed by atoms with van der Waals surface area (Å²) >= 11 is 0. The Morgan fingerprint density at radius 1 is 1.35 bits per heavy atom. The zero-order valence-electron chi connectivity index (χ0n) is 14.4. The smallest absolute Gasteiger partial charge is 0.341 e. The fourth-order valence-electron chi connectivity index (χ4n) is 2.46. The van der Waals surface area contributed by atoms with Gasteiger partial charge in [-0.2, -0.15) is 0 Å². The molecule has 0 spiro atoms. The van der Waals surface area contributed by atoms with E-state index in [1.165, 1.54) is 24.1 Å². The first-order chi connectivity index (χ1) is 12.4. The number of nitrogens with zero attached hydrogens (tertiary/aromatic N) is 1. The van der Waals surface area contributed by atoms with E-state index in [9.17, 15) is 18.8 Å². The molecule has 1 aromatic rings. The van der Waals surface area contributed by atoms with Crippen LogP contribution < -0.4 is 5.32 Å². The molecule has 2 rings (SSSR count). The van der Waals surface area contributed by atoms with Crippen molar-refractivity contribution in [1.82, 2.24) is 4.90 Å². The molecule has 0 bridgehead atoms. The third-order valence-electron chi connectivity index (χ3n) is 3.68. The maximum atomic E-state index is 13.8. The minimum absolute atomic E-state index is 0.0275. The van der Waals surface area contributed by atoms with Gasteiger partial charge in [-0.15, -0.1) is 0 Å².